The van der Waals surface area contributed by atoms with Gasteiger partial charge in [0.1, 0.15) is 5.75 Å². The van der Waals surface area contributed by atoms with Crippen molar-refractivity contribution in [2.45, 2.75) is 76.7 Å². The number of carbonyl (C=O) groups excluding carboxylic acids is 2. The molecule has 0 heterocycles. The summed E-state index contributed by atoms with van der Waals surface area (Å²) in [6, 6.07) is 4.40. The molecule has 172 valence electrons. The summed E-state index contributed by atoms with van der Waals surface area (Å²) in [5.41, 5.74) is -0.275. The van der Waals surface area contributed by atoms with E-state index in [2.05, 4.69) is 4.90 Å². The number of aliphatic hydroxyl groups excluding tert-OH is 1. The fourth-order valence-corrected chi connectivity index (χ4v) is 4.09. The number of hydrogen-bond acceptors (Lipinski definition) is 6. The van der Waals surface area contributed by atoms with Crippen molar-refractivity contribution in [1.29, 1.82) is 0 Å². The molecule has 0 saturated heterocycles. The minimum atomic E-state index is -0.601. The molecule has 31 heavy (non-hydrogen) atoms. The Morgan fingerprint density at radius 1 is 1.16 bits per heavy atom. The SMILES string of the molecule is O=Cc1cc(OCCCC(=O)N(CCCCCCO)C2CCCCC2)ccc1[N+](=O)[O-]. The summed E-state index contributed by atoms with van der Waals surface area (Å²) in [7, 11) is 0. The highest BCUT2D eigenvalue weighted by molar-refractivity contribution is 5.82. The van der Waals surface area contributed by atoms with Crippen LogP contribution in [0.2, 0.25) is 0 Å². The second-order valence-corrected chi connectivity index (χ2v) is 8.06. The molecular weight excluding hydrogens is 400 g/mol. The normalized spacial score (nSPS) is 14.2. The van der Waals surface area contributed by atoms with Gasteiger partial charge in [-0.3, -0.25) is 19.7 Å². The predicted octanol–water partition coefficient (Wildman–Crippen LogP) is 4.28. The quantitative estimate of drug-likeness (QED) is 0.202. The lowest BCUT2D eigenvalue weighted by molar-refractivity contribution is -0.385. The molecule has 1 aromatic rings. The van der Waals surface area contributed by atoms with Gasteiger partial charge >= 0.3 is 0 Å². The van der Waals surface area contributed by atoms with Gasteiger partial charge in [-0.25, -0.2) is 0 Å². The monoisotopic (exact) mass is 434 g/mol. The van der Waals surface area contributed by atoms with Gasteiger partial charge in [0.2, 0.25) is 5.91 Å². The minimum Gasteiger partial charge on any atom is -0.494 e. The first kappa shape index (κ1) is 24.8. The van der Waals surface area contributed by atoms with Gasteiger partial charge in [-0.15, -0.1) is 0 Å². The Kier molecular flexibility index (Phi) is 11.0. The van der Waals surface area contributed by atoms with Crippen LogP contribution in [0.25, 0.3) is 0 Å². The number of benzene rings is 1. The van der Waals surface area contributed by atoms with E-state index >= 15 is 0 Å². The Morgan fingerprint density at radius 2 is 1.90 bits per heavy atom. The molecule has 0 unspecified atom stereocenters. The van der Waals surface area contributed by atoms with Crippen LogP contribution < -0.4 is 4.74 Å². The number of nitrogens with zero attached hydrogens (tertiary/aromatic N) is 2. The van der Waals surface area contributed by atoms with Crippen LogP contribution in [-0.4, -0.2) is 52.9 Å². The summed E-state index contributed by atoms with van der Waals surface area (Å²) >= 11 is 0. The fraction of sp³-hybridized carbons (Fsp3) is 0.652. The lowest BCUT2D eigenvalue weighted by Gasteiger charge is -2.34. The zero-order valence-electron chi connectivity index (χ0n) is 18.2. The van der Waals surface area contributed by atoms with Crippen LogP contribution in [0.3, 0.4) is 0 Å². The van der Waals surface area contributed by atoms with Crippen molar-refractivity contribution in [2.75, 3.05) is 19.8 Å². The predicted molar refractivity (Wildman–Crippen MR) is 117 cm³/mol. The zero-order valence-corrected chi connectivity index (χ0v) is 18.2. The third kappa shape index (κ3) is 8.28. The Labute approximate surface area is 183 Å². The number of carbonyl (C=O) groups is 2. The number of aliphatic hydroxyl groups is 1. The summed E-state index contributed by atoms with van der Waals surface area (Å²) < 4.78 is 5.61. The maximum absolute atomic E-state index is 12.9. The summed E-state index contributed by atoms with van der Waals surface area (Å²) in [5.74, 6) is 0.531. The van der Waals surface area contributed by atoms with Crippen LogP contribution in [0, 0.1) is 10.1 Å². The fourth-order valence-electron chi connectivity index (χ4n) is 4.09. The average molecular weight is 435 g/mol. The van der Waals surface area contributed by atoms with E-state index in [4.69, 9.17) is 9.84 Å². The first-order chi connectivity index (χ1) is 15.1. The average Bonchev–Trinajstić information content (AvgIpc) is 2.79. The molecule has 1 aromatic carbocycles. The molecule has 1 aliphatic carbocycles. The van der Waals surface area contributed by atoms with Crippen LogP contribution in [0.1, 0.15) is 81.0 Å². The minimum absolute atomic E-state index is 0.0248. The molecule has 0 aromatic heterocycles. The Morgan fingerprint density at radius 3 is 2.58 bits per heavy atom. The Hall–Kier alpha value is -2.48. The number of rotatable bonds is 14. The Balaban J connectivity index is 1.82. The van der Waals surface area contributed by atoms with Gasteiger partial charge < -0.3 is 14.7 Å². The smallest absolute Gasteiger partial charge is 0.280 e. The van der Waals surface area contributed by atoms with Crippen molar-refractivity contribution >= 4 is 17.9 Å². The van der Waals surface area contributed by atoms with E-state index < -0.39 is 4.92 Å². The maximum Gasteiger partial charge on any atom is 0.280 e. The topological polar surface area (TPSA) is 110 Å². The highest BCUT2D eigenvalue weighted by Gasteiger charge is 2.24. The second kappa shape index (κ2) is 13.7. The molecule has 1 amide bonds. The van der Waals surface area contributed by atoms with E-state index in [0.717, 1.165) is 45.1 Å². The van der Waals surface area contributed by atoms with E-state index in [0.29, 0.717) is 37.5 Å². The molecule has 1 fully saturated rings. The summed E-state index contributed by atoms with van der Waals surface area (Å²) in [6.07, 6.45) is 10.8. The van der Waals surface area contributed by atoms with E-state index in [9.17, 15) is 19.7 Å². The Bertz CT molecular complexity index is 718. The first-order valence-electron chi connectivity index (χ1n) is 11.3. The zero-order chi connectivity index (χ0) is 22.5. The molecule has 0 aliphatic heterocycles. The van der Waals surface area contributed by atoms with Crippen molar-refractivity contribution < 1.29 is 24.4 Å². The van der Waals surface area contributed by atoms with Crippen LogP contribution >= 0.6 is 0 Å². The third-order valence-corrected chi connectivity index (χ3v) is 5.77. The number of unbranched alkanes of at least 4 members (excludes halogenated alkanes) is 3. The molecule has 1 N–H and O–H groups in total. The number of ether oxygens (including phenoxy) is 1. The highest BCUT2D eigenvalue weighted by Crippen LogP contribution is 2.25. The number of hydrogen-bond donors (Lipinski definition) is 1. The molecule has 1 saturated carbocycles. The molecular formula is C23H34N2O6. The molecule has 2 rings (SSSR count). The van der Waals surface area contributed by atoms with Crippen molar-refractivity contribution in [2.24, 2.45) is 0 Å². The van der Waals surface area contributed by atoms with Gasteiger partial charge in [-0.2, -0.15) is 0 Å². The second-order valence-electron chi connectivity index (χ2n) is 8.06. The molecule has 8 nitrogen and oxygen atoms in total. The number of nitro benzene ring substituents is 1. The lowest BCUT2D eigenvalue weighted by Crippen LogP contribution is -2.42. The number of amides is 1. The van der Waals surface area contributed by atoms with E-state index in [1.165, 1.54) is 37.5 Å². The lowest BCUT2D eigenvalue weighted by atomic mass is 9.93. The molecule has 0 spiro atoms. The largest absolute Gasteiger partial charge is 0.494 e. The summed E-state index contributed by atoms with van der Waals surface area (Å²) in [5, 5.41) is 19.8. The van der Waals surface area contributed by atoms with Crippen molar-refractivity contribution in [1.82, 2.24) is 4.90 Å². The van der Waals surface area contributed by atoms with Crippen LogP contribution in [0.4, 0.5) is 5.69 Å². The van der Waals surface area contributed by atoms with Crippen molar-refractivity contribution in [3.8, 4) is 5.75 Å². The van der Waals surface area contributed by atoms with Crippen LogP contribution in [-0.2, 0) is 4.79 Å². The number of aldehydes is 1. The van der Waals surface area contributed by atoms with Gasteiger partial charge in [0.15, 0.2) is 6.29 Å². The van der Waals surface area contributed by atoms with Gasteiger partial charge in [-0.1, -0.05) is 32.1 Å². The third-order valence-electron chi connectivity index (χ3n) is 5.77. The molecule has 0 atom stereocenters. The van der Waals surface area contributed by atoms with Crippen LogP contribution in [0.5, 0.6) is 5.75 Å². The standard InChI is InChI=1S/C23H34N2O6/c26-15-7-2-1-6-14-24(20-9-4-3-5-10-20)23(28)11-8-16-31-21-12-13-22(25(29)30)19(17-21)18-27/h12-13,17-18,20,26H,1-11,14-16H2. The highest BCUT2D eigenvalue weighted by atomic mass is 16.6. The van der Waals surface area contributed by atoms with E-state index in [1.54, 1.807) is 0 Å². The van der Waals surface area contributed by atoms with E-state index in [1.807, 2.05) is 0 Å². The van der Waals surface area contributed by atoms with Gasteiger partial charge in [0.25, 0.3) is 5.69 Å². The molecule has 0 radical (unpaired) electrons. The van der Waals surface area contributed by atoms with Gasteiger partial charge in [-0.05, 0) is 44.2 Å². The van der Waals surface area contributed by atoms with E-state index in [-0.39, 0.29) is 23.8 Å². The number of nitro groups is 1. The molecule has 1 aliphatic rings. The first-order valence-corrected chi connectivity index (χ1v) is 11.3. The maximum atomic E-state index is 12.9. The summed E-state index contributed by atoms with van der Waals surface area (Å²) in [6.45, 7) is 1.28. The van der Waals surface area contributed by atoms with Crippen LogP contribution in [0.15, 0.2) is 18.2 Å². The molecule has 8 heteroatoms. The molecule has 0 bridgehead atoms. The van der Waals surface area contributed by atoms with Crippen molar-refractivity contribution in [3.63, 3.8) is 0 Å². The van der Waals surface area contributed by atoms with Gasteiger partial charge in [0, 0.05) is 31.7 Å². The summed E-state index contributed by atoms with van der Waals surface area (Å²) in [4.78, 5) is 36.3. The van der Waals surface area contributed by atoms with Crippen molar-refractivity contribution in [3.05, 3.63) is 33.9 Å². The van der Waals surface area contributed by atoms with Gasteiger partial charge in [0.05, 0.1) is 17.1 Å².